The molecule has 2 bridgehead atoms. The van der Waals surface area contributed by atoms with E-state index in [1.54, 1.807) is 41.1 Å². The Morgan fingerprint density at radius 3 is 2.25 bits per heavy atom. The first-order valence-electron chi connectivity index (χ1n) is 23.9. The molecule has 3 fully saturated rings. The number of hydrogen-bond acceptors (Lipinski definition) is 13. The Balaban J connectivity index is 1.70. The van der Waals surface area contributed by atoms with Crippen molar-refractivity contribution in [1.29, 1.82) is 0 Å². The van der Waals surface area contributed by atoms with Crippen LogP contribution >= 0.6 is 0 Å². The van der Waals surface area contributed by atoms with Gasteiger partial charge in [-0.3, -0.25) is 19.2 Å². The molecule has 0 spiro atoms. The zero-order valence-corrected chi connectivity index (χ0v) is 40.6. The number of Topliss-reactive ketones (excluding diaryl/α,β-unsaturated/α-hetero) is 3. The molecule has 1 amide bonds. The molecule has 14 heteroatoms. The Bertz CT molecular complexity index is 1760. The number of ether oxygens (including phenoxy) is 5. The number of hydrogen-bond donors (Lipinski definition) is 3. The van der Waals surface area contributed by atoms with Crippen LogP contribution in [0.5, 0.6) is 0 Å². The minimum atomic E-state index is -2.43. The zero-order chi connectivity index (χ0) is 48.2. The first kappa shape index (κ1) is 54.2. The molecule has 1 saturated carbocycles. The van der Waals surface area contributed by atoms with Crippen LogP contribution in [0, 0.1) is 35.5 Å². The molecule has 4 aliphatic rings. The second-order valence-corrected chi connectivity index (χ2v) is 19.6. The second-order valence-electron chi connectivity index (χ2n) is 19.6. The predicted octanol–water partition coefficient (Wildman–Crippen LogP) is 6.18. The molecule has 15 atom stereocenters. The molecule has 3 heterocycles. The van der Waals surface area contributed by atoms with E-state index in [1.165, 1.54) is 12.0 Å². The number of amides is 1. The fourth-order valence-corrected chi connectivity index (χ4v) is 10.1. The SMILES string of the molecule is CO[C@H]1C[C@@H]2CC[C@@H](C)[C@@](O)(O2)C(=O)C(=O)N2CCCC[C@H]2C(=O)O[C@H]([C@H](C)C[C@@H]2CC[C@H](O)[C@H](OC)C2)CC(=O)[C@H](C)/C=C(\C)[C@@H](O)[C@@H](OC)C(=O)[C@H](C)C[C@H](C)/C=C/C=C/C=C/1C. The molecule has 3 aliphatic heterocycles. The summed E-state index contributed by atoms with van der Waals surface area (Å²) >= 11 is 0. The number of piperidine rings is 1. The van der Waals surface area contributed by atoms with Gasteiger partial charge in [-0.05, 0) is 107 Å². The minimum absolute atomic E-state index is 0.0193. The van der Waals surface area contributed by atoms with Gasteiger partial charge in [-0.15, -0.1) is 0 Å². The van der Waals surface area contributed by atoms with E-state index in [-0.39, 0.29) is 54.8 Å². The fourth-order valence-electron chi connectivity index (χ4n) is 10.1. The van der Waals surface area contributed by atoms with Gasteiger partial charge in [0.25, 0.3) is 11.7 Å². The molecular weight excluding hydrogens is 835 g/mol. The van der Waals surface area contributed by atoms with Gasteiger partial charge in [0, 0.05) is 58.5 Å². The highest BCUT2D eigenvalue weighted by molar-refractivity contribution is 6.39. The van der Waals surface area contributed by atoms with E-state index in [4.69, 9.17) is 23.7 Å². The monoisotopic (exact) mass is 914 g/mol. The van der Waals surface area contributed by atoms with Crippen LogP contribution in [0.3, 0.4) is 0 Å². The van der Waals surface area contributed by atoms with Gasteiger partial charge in [-0.2, -0.15) is 0 Å². The van der Waals surface area contributed by atoms with Crippen molar-refractivity contribution in [2.24, 2.45) is 35.5 Å². The summed E-state index contributed by atoms with van der Waals surface area (Å²) in [5.41, 5.74) is 1.27. The van der Waals surface area contributed by atoms with Gasteiger partial charge in [-0.1, -0.05) is 71.1 Å². The molecular formula is C51H79NO13. The Morgan fingerprint density at radius 1 is 0.846 bits per heavy atom. The van der Waals surface area contributed by atoms with Crippen molar-refractivity contribution in [2.45, 2.75) is 180 Å². The average Bonchev–Trinajstić information content (AvgIpc) is 3.28. The van der Waals surface area contributed by atoms with Crippen LogP contribution in [0.15, 0.2) is 47.6 Å². The lowest BCUT2D eigenvalue weighted by Crippen LogP contribution is -2.61. The lowest BCUT2D eigenvalue weighted by molar-refractivity contribution is -0.265. The fraction of sp³-hybridized carbons (Fsp3) is 0.745. The predicted molar refractivity (Wildman–Crippen MR) is 245 cm³/mol. The summed E-state index contributed by atoms with van der Waals surface area (Å²) in [5.74, 6) is -7.96. The van der Waals surface area contributed by atoms with Crippen LogP contribution in [0.4, 0.5) is 0 Å². The summed E-state index contributed by atoms with van der Waals surface area (Å²) in [6.45, 7) is 12.7. The zero-order valence-electron chi connectivity index (χ0n) is 40.6. The number of esters is 1. The number of ketones is 3. The number of rotatable bonds is 6. The molecule has 1 aliphatic carbocycles. The molecule has 4 rings (SSSR count). The van der Waals surface area contributed by atoms with Crippen molar-refractivity contribution in [3.8, 4) is 0 Å². The largest absolute Gasteiger partial charge is 0.460 e. The summed E-state index contributed by atoms with van der Waals surface area (Å²) < 4.78 is 29.4. The first-order valence-corrected chi connectivity index (χ1v) is 23.9. The third-order valence-corrected chi connectivity index (χ3v) is 14.5. The molecule has 14 nitrogen and oxygen atoms in total. The highest BCUT2D eigenvalue weighted by Crippen LogP contribution is 2.38. The number of nitrogens with zero attached hydrogens (tertiary/aromatic N) is 1. The Hall–Kier alpha value is -3.37. The summed E-state index contributed by atoms with van der Waals surface area (Å²) in [4.78, 5) is 71.8. The average molecular weight is 914 g/mol. The van der Waals surface area contributed by atoms with E-state index in [0.717, 1.165) is 12.0 Å². The summed E-state index contributed by atoms with van der Waals surface area (Å²) in [6, 6.07) is -1.14. The van der Waals surface area contributed by atoms with E-state index >= 15 is 0 Å². The minimum Gasteiger partial charge on any atom is -0.460 e. The van der Waals surface area contributed by atoms with Crippen molar-refractivity contribution >= 4 is 29.2 Å². The van der Waals surface area contributed by atoms with Gasteiger partial charge < -0.3 is 43.9 Å². The number of cyclic esters (lactones) is 1. The topological polar surface area (TPSA) is 195 Å². The van der Waals surface area contributed by atoms with Crippen molar-refractivity contribution in [3.63, 3.8) is 0 Å². The first-order chi connectivity index (χ1) is 30.7. The Morgan fingerprint density at radius 2 is 1.57 bits per heavy atom. The molecule has 0 aromatic heterocycles. The molecule has 0 radical (unpaired) electrons. The lowest BCUT2D eigenvalue weighted by Gasteiger charge is -2.42. The third-order valence-electron chi connectivity index (χ3n) is 14.5. The number of fused-ring (bicyclic) bond motifs is 3. The van der Waals surface area contributed by atoms with Crippen molar-refractivity contribution in [3.05, 3.63) is 47.6 Å². The van der Waals surface area contributed by atoms with Gasteiger partial charge in [0.15, 0.2) is 5.78 Å². The van der Waals surface area contributed by atoms with Gasteiger partial charge >= 0.3 is 5.97 Å². The quantitative estimate of drug-likeness (QED) is 0.156. The molecule has 0 unspecified atom stereocenters. The maximum atomic E-state index is 14.4. The number of carbonyl (C=O) groups is 5. The van der Waals surface area contributed by atoms with Gasteiger partial charge in [0.2, 0.25) is 5.79 Å². The van der Waals surface area contributed by atoms with E-state index in [9.17, 15) is 39.3 Å². The van der Waals surface area contributed by atoms with Crippen LogP contribution in [0.1, 0.15) is 126 Å². The van der Waals surface area contributed by atoms with Gasteiger partial charge in [0.1, 0.15) is 30.1 Å². The van der Waals surface area contributed by atoms with Crippen molar-refractivity contribution in [1.82, 2.24) is 4.90 Å². The van der Waals surface area contributed by atoms with Crippen molar-refractivity contribution < 1.29 is 63.0 Å². The highest BCUT2D eigenvalue weighted by atomic mass is 16.6. The maximum absolute atomic E-state index is 14.4. The lowest BCUT2D eigenvalue weighted by atomic mass is 9.78. The number of aliphatic hydroxyl groups is 3. The standard InChI is InChI=1S/C51H79NO13/c1-30-16-12-11-13-17-31(2)42(61-8)28-38-21-19-36(7)51(60,65-38)48(57)49(58)52-23-15-14-18-39(52)50(59)64-43(33(4)26-37-20-22-40(53)44(27-37)62-9)29-41(54)32(3)25-35(6)46(56)47(63-10)45(55)34(5)24-30/h11-13,16-17,25,30,32-34,36-40,42-44,46-47,53,56,60H,14-15,18-24,26-29H2,1-10H3/b13-11+,16-12+,31-17+,35-25+/t30-,32-,33-,34-,36-,37+,38+,39+,40+,42+,43+,44-,46-,47+,51-/m1/s1. The third kappa shape index (κ3) is 14.3. The summed E-state index contributed by atoms with van der Waals surface area (Å²) in [5, 5.41) is 33.8. The van der Waals surface area contributed by atoms with Crippen molar-refractivity contribution in [2.75, 3.05) is 27.9 Å². The van der Waals surface area contributed by atoms with E-state index < -0.39 is 83.9 Å². The second kappa shape index (κ2) is 25.1. The summed E-state index contributed by atoms with van der Waals surface area (Å²) in [7, 11) is 4.52. The van der Waals surface area contributed by atoms with Gasteiger partial charge in [-0.25, -0.2) is 4.79 Å². The maximum Gasteiger partial charge on any atom is 0.329 e. The van der Waals surface area contributed by atoms with Crippen LogP contribution in [-0.2, 0) is 47.7 Å². The number of carbonyl (C=O) groups excluding carboxylic acids is 5. The molecule has 0 aromatic carbocycles. The normalized spacial score (nSPS) is 40.4. The Kier molecular flexibility index (Phi) is 21.0. The summed E-state index contributed by atoms with van der Waals surface area (Å²) in [6.07, 6.45) is 11.2. The number of allylic oxidation sites excluding steroid dienone is 6. The molecule has 366 valence electrons. The Labute approximate surface area is 387 Å². The van der Waals surface area contributed by atoms with Gasteiger partial charge in [0.05, 0.1) is 24.4 Å². The number of aliphatic hydroxyl groups excluding tert-OH is 2. The highest BCUT2D eigenvalue weighted by Gasteiger charge is 2.53. The number of methoxy groups -OCH3 is 3. The smallest absolute Gasteiger partial charge is 0.329 e. The van der Waals surface area contributed by atoms with E-state index in [1.807, 2.05) is 58.1 Å². The molecule has 2 saturated heterocycles. The van der Waals surface area contributed by atoms with E-state index in [0.29, 0.717) is 63.4 Å². The van der Waals surface area contributed by atoms with Crippen LogP contribution in [-0.4, -0.2) is 132 Å². The van der Waals surface area contributed by atoms with Crippen LogP contribution < -0.4 is 0 Å². The van der Waals surface area contributed by atoms with Crippen LogP contribution in [0.25, 0.3) is 0 Å². The van der Waals surface area contributed by atoms with E-state index in [2.05, 4.69) is 0 Å². The molecule has 0 aromatic rings. The molecule has 65 heavy (non-hydrogen) atoms. The molecule has 3 N–H and O–H groups in total. The van der Waals surface area contributed by atoms with Crippen LogP contribution in [0.2, 0.25) is 0 Å².